The average molecular weight is 208 g/mol. The Hall–Kier alpha value is -0.890. The molecule has 15 heavy (non-hydrogen) atoms. The first-order chi connectivity index (χ1) is 6.80. The first-order valence-corrected chi connectivity index (χ1v) is 5.31. The van der Waals surface area contributed by atoms with Crippen LogP contribution in [0.15, 0.2) is 18.2 Å². The smallest absolute Gasteiger partial charge is 0.123 e. The summed E-state index contributed by atoms with van der Waals surface area (Å²) in [5.41, 5.74) is 1.20. The number of hydrogen-bond donors (Lipinski definition) is 1. The van der Waals surface area contributed by atoms with Crippen molar-refractivity contribution >= 4 is 0 Å². The minimum absolute atomic E-state index is 0.0842. The lowest BCUT2D eigenvalue weighted by Gasteiger charge is -2.43. The van der Waals surface area contributed by atoms with Crippen LogP contribution in [-0.2, 0) is 12.0 Å². The molecular formula is C13H17FO. The van der Waals surface area contributed by atoms with Crippen LogP contribution in [0.4, 0.5) is 4.39 Å². The van der Waals surface area contributed by atoms with Crippen molar-refractivity contribution in [3.63, 3.8) is 0 Å². The van der Waals surface area contributed by atoms with E-state index in [1.165, 1.54) is 12.1 Å². The Morgan fingerprint density at radius 1 is 1.40 bits per heavy atom. The molecule has 1 N–H and O–H groups in total. The molecule has 0 spiro atoms. The van der Waals surface area contributed by atoms with E-state index < -0.39 is 5.60 Å². The number of rotatable bonds is 1. The van der Waals surface area contributed by atoms with Gasteiger partial charge in [0.1, 0.15) is 5.82 Å². The molecule has 0 radical (unpaired) electrons. The molecule has 0 saturated carbocycles. The third-order valence-electron chi connectivity index (χ3n) is 2.87. The molecule has 1 aliphatic carbocycles. The zero-order valence-corrected chi connectivity index (χ0v) is 9.47. The molecule has 1 aliphatic rings. The van der Waals surface area contributed by atoms with Crippen molar-refractivity contribution in [1.29, 1.82) is 0 Å². The van der Waals surface area contributed by atoms with Crippen molar-refractivity contribution in [3.8, 4) is 0 Å². The van der Waals surface area contributed by atoms with Crippen LogP contribution in [0.3, 0.4) is 0 Å². The summed E-state index contributed by atoms with van der Waals surface area (Å²) in [7, 11) is 0. The molecule has 0 aliphatic heterocycles. The molecule has 0 heterocycles. The standard InChI is InChI=1S/C13H17FO/c1-12(2,3)8-13(15)7-9-6-10(14)4-5-11(9)13/h4-6,15H,7-8H2,1-3H3. The van der Waals surface area contributed by atoms with Gasteiger partial charge in [-0.05, 0) is 35.1 Å². The fourth-order valence-corrected chi connectivity index (χ4v) is 2.50. The highest BCUT2D eigenvalue weighted by atomic mass is 19.1. The second kappa shape index (κ2) is 3.05. The van der Waals surface area contributed by atoms with Gasteiger partial charge in [0.25, 0.3) is 0 Å². The van der Waals surface area contributed by atoms with E-state index in [4.69, 9.17) is 0 Å². The van der Waals surface area contributed by atoms with E-state index in [1.54, 1.807) is 6.07 Å². The van der Waals surface area contributed by atoms with Crippen molar-refractivity contribution in [2.24, 2.45) is 5.41 Å². The third-order valence-corrected chi connectivity index (χ3v) is 2.87. The quantitative estimate of drug-likeness (QED) is 0.752. The Bertz CT molecular complexity index is 392. The molecule has 0 amide bonds. The topological polar surface area (TPSA) is 20.2 Å². The molecule has 1 nitrogen and oxygen atoms in total. The second-order valence-electron chi connectivity index (χ2n) is 5.75. The van der Waals surface area contributed by atoms with Crippen molar-refractivity contribution in [3.05, 3.63) is 35.1 Å². The molecule has 0 aromatic heterocycles. The second-order valence-corrected chi connectivity index (χ2v) is 5.75. The number of aliphatic hydroxyl groups is 1. The predicted octanol–water partition coefficient (Wildman–Crippen LogP) is 3.01. The van der Waals surface area contributed by atoms with Crippen LogP contribution in [0.1, 0.15) is 38.3 Å². The fourth-order valence-electron chi connectivity index (χ4n) is 2.50. The lowest BCUT2D eigenvalue weighted by molar-refractivity contribution is -0.0245. The molecule has 0 saturated heterocycles. The van der Waals surface area contributed by atoms with Gasteiger partial charge in [-0.1, -0.05) is 26.8 Å². The molecular weight excluding hydrogens is 191 g/mol. The molecule has 1 unspecified atom stereocenters. The highest BCUT2D eigenvalue weighted by molar-refractivity contribution is 5.43. The van der Waals surface area contributed by atoms with E-state index in [0.29, 0.717) is 6.42 Å². The van der Waals surface area contributed by atoms with Crippen molar-refractivity contribution < 1.29 is 9.50 Å². The normalized spacial score (nSPS) is 24.6. The summed E-state index contributed by atoms with van der Waals surface area (Å²) in [6, 6.07) is 4.65. The zero-order valence-electron chi connectivity index (χ0n) is 9.47. The van der Waals surface area contributed by atoms with Gasteiger partial charge in [-0.2, -0.15) is 0 Å². The molecule has 0 bridgehead atoms. The first kappa shape index (κ1) is 10.6. The van der Waals surface area contributed by atoms with Crippen molar-refractivity contribution in [2.75, 3.05) is 0 Å². The number of fused-ring (bicyclic) bond motifs is 1. The maximum atomic E-state index is 12.9. The van der Waals surface area contributed by atoms with E-state index >= 15 is 0 Å². The van der Waals surface area contributed by atoms with Crippen LogP contribution in [0.2, 0.25) is 0 Å². The third kappa shape index (κ3) is 1.91. The summed E-state index contributed by atoms with van der Waals surface area (Å²) in [5.74, 6) is -0.216. The number of halogens is 1. The van der Waals surface area contributed by atoms with Crippen LogP contribution in [0.25, 0.3) is 0 Å². The van der Waals surface area contributed by atoms with E-state index in [0.717, 1.165) is 17.5 Å². The molecule has 1 aromatic rings. The SMILES string of the molecule is CC(C)(C)CC1(O)Cc2cc(F)ccc21. The lowest BCUT2D eigenvalue weighted by Crippen LogP contribution is -2.41. The minimum Gasteiger partial charge on any atom is -0.385 e. The van der Waals surface area contributed by atoms with Gasteiger partial charge in [0, 0.05) is 6.42 Å². The van der Waals surface area contributed by atoms with Crippen molar-refractivity contribution in [2.45, 2.75) is 39.2 Å². The van der Waals surface area contributed by atoms with Gasteiger partial charge < -0.3 is 5.11 Å². The monoisotopic (exact) mass is 208 g/mol. The Morgan fingerprint density at radius 3 is 2.60 bits per heavy atom. The Morgan fingerprint density at radius 2 is 2.07 bits per heavy atom. The number of hydrogen-bond acceptors (Lipinski definition) is 1. The summed E-state index contributed by atoms with van der Waals surface area (Å²) in [6.45, 7) is 6.31. The maximum absolute atomic E-state index is 12.9. The van der Waals surface area contributed by atoms with Crippen LogP contribution < -0.4 is 0 Å². The van der Waals surface area contributed by atoms with Crippen LogP contribution in [0.5, 0.6) is 0 Å². The maximum Gasteiger partial charge on any atom is 0.123 e. The van der Waals surface area contributed by atoms with Crippen LogP contribution >= 0.6 is 0 Å². The highest BCUT2D eigenvalue weighted by Gasteiger charge is 2.43. The van der Waals surface area contributed by atoms with Gasteiger partial charge in [0.15, 0.2) is 0 Å². The molecule has 2 rings (SSSR count). The summed E-state index contributed by atoms with van der Waals surface area (Å²) in [6.07, 6.45) is 1.30. The molecule has 2 heteroatoms. The van der Waals surface area contributed by atoms with E-state index in [1.807, 2.05) is 0 Å². The minimum atomic E-state index is -0.735. The Labute approximate surface area is 89.9 Å². The average Bonchev–Trinajstić information content (AvgIpc) is 1.98. The summed E-state index contributed by atoms with van der Waals surface area (Å²) in [5, 5.41) is 10.4. The fraction of sp³-hybridized carbons (Fsp3) is 0.538. The van der Waals surface area contributed by atoms with Gasteiger partial charge >= 0.3 is 0 Å². The Kier molecular flexibility index (Phi) is 2.16. The number of benzene rings is 1. The molecule has 0 fully saturated rings. The first-order valence-electron chi connectivity index (χ1n) is 5.31. The van der Waals surface area contributed by atoms with Crippen LogP contribution in [0, 0.1) is 11.2 Å². The van der Waals surface area contributed by atoms with E-state index in [-0.39, 0.29) is 11.2 Å². The zero-order chi connectivity index (χ0) is 11.3. The summed E-state index contributed by atoms with van der Waals surface area (Å²) in [4.78, 5) is 0. The van der Waals surface area contributed by atoms with Gasteiger partial charge in [-0.3, -0.25) is 0 Å². The summed E-state index contributed by atoms with van der Waals surface area (Å²) < 4.78 is 12.9. The van der Waals surface area contributed by atoms with Gasteiger partial charge in [-0.15, -0.1) is 0 Å². The van der Waals surface area contributed by atoms with Crippen molar-refractivity contribution in [1.82, 2.24) is 0 Å². The molecule has 1 atom stereocenters. The van der Waals surface area contributed by atoms with Gasteiger partial charge in [0.2, 0.25) is 0 Å². The van der Waals surface area contributed by atoms with Crippen LogP contribution in [-0.4, -0.2) is 5.11 Å². The predicted molar refractivity (Wildman–Crippen MR) is 58.1 cm³/mol. The molecule has 82 valence electrons. The summed E-state index contributed by atoms with van der Waals surface area (Å²) >= 11 is 0. The Balaban J connectivity index is 2.26. The van der Waals surface area contributed by atoms with Gasteiger partial charge in [0.05, 0.1) is 5.60 Å². The lowest BCUT2D eigenvalue weighted by atomic mass is 9.66. The highest BCUT2D eigenvalue weighted by Crippen LogP contribution is 2.46. The van der Waals surface area contributed by atoms with E-state index in [2.05, 4.69) is 20.8 Å². The largest absolute Gasteiger partial charge is 0.385 e. The molecule has 1 aromatic carbocycles. The van der Waals surface area contributed by atoms with Gasteiger partial charge in [-0.25, -0.2) is 4.39 Å². The van der Waals surface area contributed by atoms with E-state index in [9.17, 15) is 9.50 Å².